The summed E-state index contributed by atoms with van der Waals surface area (Å²) in [5.41, 5.74) is 0. The molecule has 1 aliphatic rings. The van der Waals surface area contributed by atoms with Gasteiger partial charge in [0.05, 0.1) is 0 Å². The van der Waals surface area contributed by atoms with Gasteiger partial charge in [0, 0.05) is 5.92 Å². The van der Waals surface area contributed by atoms with Crippen LogP contribution >= 0.6 is 11.5 Å². The van der Waals surface area contributed by atoms with Crippen molar-refractivity contribution in [1.29, 1.82) is 0 Å². The van der Waals surface area contributed by atoms with E-state index in [4.69, 9.17) is 0 Å². The van der Waals surface area contributed by atoms with Gasteiger partial charge in [0.15, 0.2) is 0 Å². The molecule has 0 aromatic carbocycles. The minimum absolute atomic E-state index is 0.608. The quantitative estimate of drug-likeness (QED) is 0.713. The van der Waals surface area contributed by atoms with Crippen LogP contribution in [0.2, 0.25) is 0 Å². The molecule has 0 atom stereocenters. The summed E-state index contributed by atoms with van der Waals surface area (Å²) in [6, 6.07) is 0. The third-order valence-corrected chi connectivity index (χ3v) is 2.88. The molecule has 0 aliphatic carbocycles. The van der Waals surface area contributed by atoms with Crippen molar-refractivity contribution >= 4 is 11.5 Å². The van der Waals surface area contributed by atoms with Crippen LogP contribution in [-0.4, -0.2) is 22.4 Å². The van der Waals surface area contributed by atoms with E-state index >= 15 is 0 Å². The third-order valence-electron chi connectivity index (χ3n) is 2.25. The second-order valence-electron chi connectivity index (χ2n) is 3.20. The lowest BCUT2D eigenvalue weighted by atomic mass is 9.98. The molecule has 0 bridgehead atoms. The zero-order chi connectivity index (χ0) is 8.39. The lowest BCUT2D eigenvalue weighted by Gasteiger charge is -2.19. The van der Waals surface area contributed by atoms with Crippen molar-refractivity contribution in [2.24, 2.45) is 0 Å². The molecule has 1 aromatic heterocycles. The minimum Gasteiger partial charge on any atom is -0.317 e. The molecule has 0 radical (unpaired) electrons. The Bertz CT molecular complexity index is 253. The van der Waals surface area contributed by atoms with E-state index < -0.39 is 0 Å². The summed E-state index contributed by atoms with van der Waals surface area (Å²) in [6.45, 7) is 4.24. The van der Waals surface area contributed by atoms with Gasteiger partial charge in [-0.05, 0) is 44.4 Å². The molecule has 1 N–H and O–H groups in total. The Hall–Kier alpha value is -0.480. The van der Waals surface area contributed by atoms with Gasteiger partial charge >= 0.3 is 0 Å². The highest BCUT2D eigenvalue weighted by molar-refractivity contribution is 7.05. The van der Waals surface area contributed by atoms with E-state index in [0.29, 0.717) is 5.92 Å². The first-order valence-electron chi connectivity index (χ1n) is 4.37. The first-order valence-corrected chi connectivity index (χ1v) is 5.14. The predicted octanol–water partition coefficient (Wildman–Crippen LogP) is 1.31. The molecule has 0 unspecified atom stereocenters. The molecule has 0 amide bonds. The highest BCUT2D eigenvalue weighted by Gasteiger charge is 2.18. The Morgan fingerprint density at radius 2 is 2.17 bits per heavy atom. The van der Waals surface area contributed by atoms with Crippen LogP contribution in [0.3, 0.4) is 0 Å². The summed E-state index contributed by atoms with van der Waals surface area (Å²) in [6.07, 6.45) is 2.38. The lowest BCUT2D eigenvalue weighted by molar-refractivity contribution is 0.448. The van der Waals surface area contributed by atoms with E-state index in [1.807, 2.05) is 6.92 Å². The fourth-order valence-electron chi connectivity index (χ4n) is 1.56. The van der Waals surface area contributed by atoms with Crippen LogP contribution in [-0.2, 0) is 0 Å². The zero-order valence-corrected chi connectivity index (χ0v) is 8.02. The molecule has 4 heteroatoms. The molecule has 12 heavy (non-hydrogen) atoms. The highest BCUT2D eigenvalue weighted by atomic mass is 32.1. The van der Waals surface area contributed by atoms with E-state index in [9.17, 15) is 0 Å². The second-order valence-corrected chi connectivity index (χ2v) is 4.15. The fourth-order valence-corrected chi connectivity index (χ4v) is 2.11. The van der Waals surface area contributed by atoms with E-state index in [1.54, 1.807) is 0 Å². The largest absolute Gasteiger partial charge is 0.317 e. The normalized spacial score (nSPS) is 19.8. The van der Waals surface area contributed by atoms with Gasteiger partial charge in [0.1, 0.15) is 10.8 Å². The number of nitrogens with zero attached hydrogens (tertiary/aromatic N) is 2. The summed E-state index contributed by atoms with van der Waals surface area (Å²) in [7, 11) is 0. The minimum atomic E-state index is 0.608. The number of hydrogen-bond acceptors (Lipinski definition) is 4. The topological polar surface area (TPSA) is 37.8 Å². The number of aromatic nitrogens is 2. The molecular weight excluding hydrogens is 170 g/mol. The standard InChI is InChI=1S/C8H13N3S/c1-6-10-8(11-12-6)7-2-4-9-5-3-7/h7,9H,2-5H2,1H3. The molecule has 66 valence electrons. The average molecular weight is 183 g/mol. The Labute approximate surface area is 76.4 Å². The predicted molar refractivity (Wildman–Crippen MR) is 49.5 cm³/mol. The van der Waals surface area contributed by atoms with Gasteiger partial charge in [-0.15, -0.1) is 0 Å². The van der Waals surface area contributed by atoms with Gasteiger partial charge in [-0.3, -0.25) is 0 Å². The van der Waals surface area contributed by atoms with Crippen LogP contribution in [0.25, 0.3) is 0 Å². The van der Waals surface area contributed by atoms with Crippen molar-refractivity contribution in [3.05, 3.63) is 10.8 Å². The number of aryl methyl sites for hydroxylation is 1. The van der Waals surface area contributed by atoms with Crippen LogP contribution < -0.4 is 5.32 Å². The maximum absolute atomic E-state index is 4.41. The van der Waals surface area contributed by atoms with E-state index in [1.165, 1.54) is 24.4 Å². The highest BCUT2D eigenvalue weighted by Crippen LogP contribution is 2.23. The molecule has 0 saturated carbocycles. The Balaban J connectivity index is 2.08. The lowest BCUT2D eigenvalue weighted by Crippen LogP contribution is -2.27. The maximum Gasteiger partial charge on any atom is 0.145 e. The van der Waals surface area contributed by atoms with Crippen LogP contribution in [0.1, 0.15) is 29.6 Å². The molecule has 3 nitrogen and oxygen atoms in total. The van der Waals surface area contributed by atoms with E-state index in [2.05, 4.69) is 14.7 Å². The molecule has 1 fully saturated rings. The smallest absolute Gasteiger partial charge is 0.145 e. The van der Waals surface area contributed by atoms with Gasteiger partial charge in [-0.1, -0.05) is 0 Å². The molecular formula is C8H13N3S. The first kappa shape index (κ1) is 8.13. The number of nitrogens with one attached hydrogen (secondary N) is 1. The zero-order valence-electron chi connectivity index (χ0n) is 7.21. The monoisotopic (exact) mass is 183 g/mol. The average Bonchev–Trinajstić information content (AvgIpc) is 2.54. The van der Waals surface area contributed by atoms with Crippen molar-refractivity contribution in [3.63, 3.8) is 0 Å². The van der Waals surface area contributed by atoms with Crippen molar-refractivity contribution in [2.75, 3.05) is 13.1 Å². The van der Waals surface area contributed by atoms with Crippen molar-refractivity contribution in [2.45, 2.75) is 25.7 Å². The summed E-state index contributed by atoms with van der Waals surface area (Å²) < 4.78 is 4.34. The number of piperidine rings is 1. The SMILES string of the molecule is Cc1nc(C2CCNCC2)ns1. The Morgan fingerprint density at radius 1 is 1.42 bits per heavy atom. The van der Waals surface area contributed by atoms with Gasteiger partial charge in [-0.25, -0.2) is 4.98 Å². The Kier molecular flexibility index (Phi) is 2.37. The Morgan fingerprint density at radius 3 is 2.75 bits per heavy atom. The third kappa shape index (κ3) is 1.64. The molecule has 1 saturated heterocycles. The van der Waals surface area contributed by atoms with Crippen LogP contribution in [0.4, 0.5) is 0 Å². The van der Waals surface area contributed by atoms with Crippen molar-refractivity contribution < 1.29 is 0 Å². The van der Waals surface area contributed by atoms with Crippen molar-refractivity contribution in [3.8, 4) is 0 Å². The molecule has 2 heterocycles. The maximum atomic E-state index is 4.41. The van der Waals surface area contributed by atoms with Gasteiger partial charge < -0.3 is 5.32 Å². The van der Waals surface area contributed by atoms with Crippen LogP contribution in [0.15, 0.2) is 0 Å². The van der Waals surface area contributed by atoms with Gasteiger partial charge in [0.25, 0.3) is 0 Å². The van der Waals surface area contributed by atoms with Gasteiger partial charge in [0.2, 0.25) is 0 Å². The van der Waals surface area contributed by atoms with Crippen LogP contribution in [0.5, 0.6) is 0 Å². The molecule has 1 aliphatic heterocycles. The van der Waals surface area contributed by atoms with E-state index in [0.717, 1.165) is 23.9 Å². The summed E-state index contributed by atoms with van der Waals surface area (Å²) in [5.74, 6) is 1.68. The molecule has 2 rings (SSSR count). The van der Waals surface area contributed by atoms with Gasteiger partial charge in [-0.2, -0.15) is 4.37 Å². The molecule has 0 spiro atoms. The molecule has 1 aromatic rings. The summed E-state index contributed by atoms with van der Waals surface area (Å²) >= 11 is 1.52. The summed E-state index contributed by atoms with van der Waals surface area (Å²) in [4.78, 5) is 4.41. The van der Waals surface area contributed by atoms with E-state index in [-0.39, 0.29) is 0 Å². The van der Waals surface area contributed by atoms with Crippen molar-refractivity contribution in [1.82, 2.24) is 14.7 Å². The second kappa shape index (κ2) is 3.49. The first-order chi connectivity index (χ1) is 5.86. The number of rotatable bonds is 1. The van der Waals surface area contributed by atoms with Crippen LogP contribution in [0, 0.1) is 6.92 Å². The summed E-state index contributed by atoms with van der Waals surface area (Å²) in [5, 5.41) is 4.43. The number of hydrogen-bond donors (Lipinski definition) is 1. The fraction of sp³-hybridized carbons (Fsp3) is 0.750.